The first-order valence-electron chi connectivity index (χ1n) is 13.6. The SMILES string of the molecule is Cc1ccc(C(c2ccc3c(nnn3C)c2C)C(C)(C)C(=O)O)cc1CN1Cc2cccc(F)c2OC(C)(C)C1. The molecule has 5 rings (SSSR count). The second kappa shape index (κ2) is 10.0. The first-order valence-corrected chi connectivity index (χ1v) is 13.6. The van der Waals surface area contributed by atoms with Gasteiger partial charge in [-0.25, -0.2) is 9.07 Å². The third-order valence-electron chi connectivity index (χ3n) is 8.19. The first kappa shape index (κ1) is 27.8. The van der Waals surface area contributed by atoms with E-state index in [4.69, 9.17) is 4.74 Å². The third kappa shape index (κ3) is 4.96. The van der Waals surface area contributed by atoms with Crippen molar-refractivity contribution in [2.45, 2.75) is 66.2 Å². The average molecular weight is 545 g/mol. The molecule has 0 aliphatic carbocycles. The van der Waals surface area contributed by atoms with E-state index in [0.29, 0.717) is 25.4 Å². The van der Waals surface area contributed by atoms with Crippen LogP contribution in [0.5, 0.6) is 5.75 Å². The van der Waals surface area contributed by atoms with Crippen LogP contribution in [0.4, 0.5) is 4.39 Å². The number of nitrogens with zero attached hydrogens (tertiary/aromatic N) is 4. The fraction of sp³-hybridized carbons (Fsp3) is 0.406. The van der Waals surface area contributed by atoms with Crippen molar-refractivity contribution >= 4 is 17.0 Å². The molecule has 8 heteroatoms. The molecule has 0 fully saturated rings. The van der Waals surface area contributed by atoms with Crippen molar-refractivity contribution in [3.8, 4) is 5.75 Å². The Kier molecular flexibility index (Phi) is 6.94. The van der Waals surface area contributed by atoms with Crippen molar-refractivity contribution in [1.29, 1.82) is 0 Å². The summed E-state index contributed by atoms with van der Waals surface area (Å²) in [6.07, 6.45) is 0. The van der Waals surface area contributed by atoms with E-state index < -0.39 is 22.9 Å². The van der Waals surface area contributed by atoms with Gasteiger partial charge >= 0.3 is 5.97 Å². The number of aromatic nitrogens is 3. The van der Waals surface area contributed by atoms with Crippen LogP contribution in [-0.4, -0.2) is 43.1 Å². The highest BCUT2D eigenvalue weighted by molar-refractivity contribution is 5.81. The number of aliphatic carboxylic acids is 1. The molecule has 2 heterocycles. The topological polar surface area (TPSA) is 80.5 Å². The maximum Gasteiger partial charge on any atom is 0.310 e. The average Bonchev–Trinajstić information content (AvgIpc) is 3.18. The minimum atomic E-state index is -1.10. The minimum absolute atomic E-state index is 0.318. The van der Waals surface area contributed by atoms with E-state index in [9.17, 15) is 14.3 Å². The Bertz CT molecular complexity index is 1610. The molecule has 40 heavy (non-hydrogen) atoms. The number of hydrogen-bond acceptors (Lipinski definition) is 5. The maximum absolute atomic E-state index is 14.6. The molecule has 7 nitrogen and oxygen atoms in total. The Hall–Kier alpha value is -3.78. The van der Waals surface area contributed by atoms with Crippen LogP contribution in [0, 0.1) is 25.1 Å². The Morgan fingerprint density at radius 2 is 1.93 bits per heavy atom. The number of aryl methyl sites for hydroxylation is 3. The molecular formula is C32H37FN4O3. The molecule has 1 aliphatic heterocycles. The number of halogens is 1. The van der Waals surface area contributed by atoms with Crippen LogP contribution in [0.3, 0.4) is 0 Å². The first-order chi connectivity index (χ1) is 18.8. The lowest BCUT2D eigenvalue weighted by Gasteiger charge is -2.33. The number of carboxylic acids is 1. The highest BCUT2D eigenvalue weighted by atomic mass is 19.1. The monoisotopic (exact) mass is 544 g/mol. The van der Waals surface area contributed by atoms with Gasteiger partial charge in [0.15, 0.2) is 11.6 Å². The van der Waals surface area contributed by atoms with E-state index in [1.807, 2.05) is 52.1 Å². The maximum atomic E-state index is 14.6. The van der Waals surface area contributed by atoms with Gasteiger partial charge in [0.05, 0.1) is 10.9 Å². The molecular weight excluding hydrogens is 507 g/mol. The summed E-state index contributed by atoms with van der Waals surface area (Å²) in [4.78, 5) is 14.9. The minimum Gasteiger partial charge on any atom is -0.483 e. The molecule has 0 saturated carbocycles. The van der Waals surface area contributed by atoms with Gasteiger partial charge in [0.1, 0.15) is 11.1 Å². The van der Waals surface area contributed by atoms with E-state index in [0.717, 1.165) is 44.4 Å². The number of hydrogen-bond donors (Lipinski definition) is 1. The molecule has 0 spiro atoms. The van der Waals surface area contributed by atoms with Crippen LogP contribution in [0.25, 0.3) is 11.0 Å². The summed E-state index contributed by atoms with van der Waals surface area (Å²) in [6.45, 7) is 13.3. The van der Waals surface area contributed by atoms with Gasteiger partial charge in [-0.15, -0.1) is 5.10 Å². The molecule has 210 valence electrons. The number of rotatable bonds is 6. The zero-order chi connectivity index (χ0) is 29.0. The van der Waals surface area contributed by atoms with Gasteiger partial charge in [-0.1, -0.05) is 41.6 Å². The Balaban J connectivity index is 1.57. The van der Waals surface area contributed by atoms with Crippen molar-refractivity contribution in [1.82, 2.24) is 19.9 Å². The van der Waals surface area contributed by atoms with Gasteiger partial charge < -0.3 is 9.84 Å². The lowest BCUT2D eigenvalue weighted by molar-refractivity contribution is -0.147. The van der Waals surface area contributed by atoms with Gasteiger partial charge in [0.2, 0.25) is 0 Å². The summed E-state index contributed by atoms with van der Waals surface area (Å²) in [5.74, 6) is -1.32. The summed E-state index contributed by atoms with van der Waals surface area (Å²) in [5.41, 5.74) is 5.79. The zero-order valence-electron chi connectivity index (χ0n) is 24.2. The molecule has 1 aromatic heterocycles. The number of benzene rings is 3. The lowest BCUT2D eigenvalue weighted by Crippen LogP contribution is -2.40. The number of para-hydroxylation sites is 1. The molecule has 1 N–H and O–H groups in total. The highest BCUT2D eigenvalue weighted by Gasteiger charge is 2.40. The van der Waals surface area contributed by atoms with Crippen molar-refractivity contribution in [3.63, 3.8) is 0 Å². The fourth-order valence-electron chi connectivity index (χ4n) is 6.00. The van der Waals surface area contributed by atoms with Gasteiger partial charge in [0, 0.05) is 38.2 Å². The molecule has 0 radical (unpaired) electrons. The second-order valence-electron chi connectivity index (χ2n) is 12.2. The third-order valence-corrected chi connectivity index (χ3v) is 8.19. The van der Waals surface area contributed by atoms with Crippen molar-refractivity contribution < 1.29 is 19.0 Å². The van der Waals surface area contributed by atoms with Crippen molar-refractivity contribution in [2.75, 3.05) is 6.54 Å². The predicted octanol–water partition coefficient (Wildman–Crippen LogP) is 6.14. The molecule has 3 aromatic carbocycles. The quantitative estimate of drug-likeness (QED) is 0.314. The van der Waals surface area contributed by atoms with Crippen LogP contribution < -0.4 is 4.74 Å². The number of ether oxygens (including phenoxy) is 1. The fourth-order valence-corrected chi connectivity index (χ4v) is 6.00. The summed E-state index contributed by atoms with van der Waals surface area (Å²) in [7, 11) is 1.85. The second-order valence-corrected chi connectivity index (χ2v) is 12.2. The highest BCUT2D eigenvalue weighted by Crippen LogP contribution is 2.44. The Labute approximate surface area is 234 Å². The normalized spacial score (nSPS) is 16.3. The Morgan fingerprint density at radius 3 is 2.65 bits per heavy atom. The zero-order valence-corrected chi connectivity index (χ0v) is 24.2. The van der Waals surface area contributed by atoms with Crippen LogP contribution in [0.15, 0.2) is 48.5 Å². The van der Waals surface area contributed by atoms with Crippen molar-refractivity contribution in [2.24, 2.45) is 12.5 Å². The van der Waals surface area contributed by atoms with E-state index in [2.05, 4.69) is 34.3 Å². The van der Waals surface area contributed by atoms with E-state index in [1.54, 1.807) is 24.6 Å². The summed E-state index contributed by atoms with van der Waals surface area (Å²) >= 11 is 0. The van der Waals surface area contributed by atoms with Crippen LogP contribution in [0.2, 0.25) is 0 Å². The standard InChI is InChI=1S/C32H37FN4O3/c1-19-11-12-21(15-23(19)17-37-16-22-9-8-10-25(33)29(22)40-31(3,4)18-37)27(32(5,6)30(38)39)24-13-14-26-28(20(24)2)34-35-36(26)7/h8-15,27H,16-18H2,1-7H3,(H,38,39). The van der Waals surface area contributed by atoms with E-state index >= 15 is 0 Å². The number of carbonyl (C=O) groups is 1. The van der Waals surface area contributed by atoms with Crippen LogP contribution >= 0.6 is 0 Å². The number of fused-ring (bicyclic) bond motifs is 2. The van der Waals surface area contributed by atoms with E-state index in [1.165, 1.54) is 6.07 Å². The lowest BCUT2D eigenvalue weighted by atomic mass is 9.69. The summed E-state index contributed by atoms with van der Waals surface area (Å²) < 4.78 is 22.5. The molecule has 1 unspecified atom stereocenters. The molecule has 0 amide bonds. The number of carboxylic acid groups (broad SMARTS) is 1. The van der Waals surface area contributed by atoms with Gasteiger partial charge in [-0.05, 0) is 81.5 Å². The molecule has 0 saturated heterocycles. The Morgan fingerprint density at radius 1 is 1.18 bits per heavy atom. The summed E-state index contributed by atoms with van der Waals surface area (Å²) in [5, 5.41) is 18.9. The van der Waals surface area contributed by atoms with Gasteiger partial charge in [0.25, 0.3) is 0 Å². The predicted molar refractivity (Wildman–Crippen MR) is 153 cm³/mol. The molecule has 1 atom stereocenters. The molecule has 0 bridgehead atoms. The summed E-state index contributed by atoms with van der Waals surface area (Å²) in [6, 6.07) is 15.3. The largest absolute Gasteiger partial charge is 0.483 e. The van der Waals surface area contributed by atoms with Gasteiger partial charge in [-0.2, -0.15) is 0 Å². The molecule has 1 aliphatic rings. The van der Waals surface area contributed by atoms with E-state index in [-0.39, 0.29) is 5.82 Å². The van der Waals surface area contributed by atoms with Gasteiger partial charge in [-0.3, -0.25) is 9.69 Å². The van der Waals surface area contributed by atoms with Crippen molar-refractivity contribution in [3.05, 3.63) is 87.7 Å². The smallest absolute Gasteiger partial charge is 0.310 e. The van der Waals surface area contributed by atoms with Crippen LogP contribution in [0.1, 0.15) is 67.0 Å². The molecule has 4 aromatic rings. The van der Waals surface area contributed by atoms with Crippen LogP contribution in [-0.2, 0) is 24.9 Å².